The summed E-state index contributed by atoms with van der Waals surface area (Å²) in [6, 6.07) is 29.0. The fourth-order valence-electron chi connectivity index (χ4n) is 4.10. The number of nitrogens with zero attached hydrogens (tertiary/aromatic N) is 3. The Bertz CT molecular complexity index is 1780. The van der Waals surface area contributed by atoms with E-state index >= 15 is 0 Å². The van der Waals surface area contributed by atoms with Crippen molar-refractivity contribution in [1.82, 2.24) is 14.5 Å². The molecule has 0 aliphatic rings. The molecule has 3 aromatic carbocycles. The SMILES string of the molecule is O=c1oc2ccc3c(nc(C=C(c4ccccc4)c4ccccc4)n3-c3ccccn3)c2oc1=O. The van der Waals surface area contributed by atoms with E-state index in [9.17, 15) is 9.59 Å². The molecule has 3 heterocycles. The second-order valence-electron chi connectivity index (χ2n) is 7.82. The maximum Gasteiger partial charge on any atom is 0.423 e. The summed E-state index contributed by atoms with van der Waals surface area (Å²) in [6.07, 6.45) is 3.67. The zero-order valence-electron chi connectivity index (χ0n) is 18.3. The zero-order chi connectivity index (χ0) is 23.8. The molecule has 7 nitrogen and oxygen atoms in total. The highest BCUT2D eigenvalue weighted by molar-refractivity contribution is 6.00. The van der Waals surface area contributed by atoms with E-state index in [1.165, 1.54) is 0 Å². The van der Waals surface area contributed by atoms with Crippen LogP contribution in [0.15, 0.2) is 116 Å². The van der Waals surface area contributed by atoms with Gasteiger partial charge in [-0.25, -0.2) is 19.6 Å². The minimum atomic E-state index is -1.08. The van der Waals surface area contributed by atoms with Crippen molar-refractivity contribution < 1.29 is 8.83 Å². The first-order chi connectivity index (χ1) is 17.2. The molecule has 0 saturated heterocycles. The second kappa shape index (κ2) is 8.39. The van der Waals surface area contributed by atoms with Gasteiger partial charge in [0.25, 0.3) is 0 Å². The van der Waals surface area contributed by atoms with Crippen molar-refractivity contribution in [2.45, 2.75) is 0 Å². The summed E-state index contributed by atoms with van der Waals surface area (Å²) >= 11 is 0. The van der Waals surface area contributed by atoms with E-state index in [-0.39, 0.29) is 11.2 Å². The molecule has 168 valence electrons. The van der Waals surface area contributed by atoms with Gasteiger partial charge >= 0.3 is 11.3 Å². The first-order valence-electron chi connectivity index (χ1n) is 10.9. The van der Waals surface area contributed by atoms with Crippen molar-refractivity contribution in [1.29, 1.82) is 0 Å². The van der Waals surface area contributed by atoms with Crippen molar-refractivity contribution in [2.24, 2.45) is 0 Å². The Morgan fingerprint density at radius 3 is 2.06 bits per heavy atom. The summed E-state index contributed by atoms with van der Waals surface area (Å²) in [5.74, 6) is 1.21. The molecule has 6 rings (SSSR count). The quantitative estimate of drug-likeness (QED) is 0.342. The topological polar surface area (TPSA) is 91.1 Å². The van der Waals surface area contributed by atoms with Crippen molar-refractivity contribution in [2.75, 3.05) is 0 Å². The van der Waals surface area contributed by atoms with Gasteiger partial charge in [0.2, 0.25) is 5.58 Å². The molecule has 0 aliphatic heterocycles. The molecule has 7 heteroatoms. The molecule has 3 aromatic heterocycles. The molecule has 0 radical (unpaired) electrons. The van der Waals surface area contributed by atoms with Crippen LogP contribution in [0.5, 0.6) is 0 Å². The lowest BCUT2D eigenvalue weighted by molar-refractivity contribution is 0.450. The second-order valence-corrected chi connectivity index (χ2v) is 7.82. The number of hydrogen-bond acceptors (Lipinski definition) is 6. The Kier molecular flexibility index (Phi) is 4.93. The number of hydrogen-bond donors (Lipinski definition) is 0. The fourth-order valence-corrected chi connectivity index (χ4v) is 4.10. The predicted molar refractivity (Wildman–Crippen MR) is 133 cm³/mol. The summed E-state index contributed by atoms with van der Waals surface area (Å²) in [7, 11) is 0. The molecule has 0 saturated carbocycles. The molecule has 0 fully saturated rings. The smallest absolute Gasteiger partial charge is 0.414 e. The van der Waals surface area contributed by atoms with Gasteiger partial charge in [-0.1, -0.05) is 66.7 Å². The van der Waals surface area contributed by atoms with E-state index in [0.29, 0.717) is 22.7 Å². The van der Waals surface area contributed by atoms with E-state index in [4.69, 9.17) is 13.8 Å². The third-order valence-corrected chi connectivity index (χ3v) is 5.66. The van der Waals surface area contributed by atoms with Crippen LogP contribution in [0.1, 0.15) is 17.0 Å². The Labute approximate surface area is 198 Å². The Hall–Kier alpha value is -5.04. The summed E-state index contributed by atoms with van der Waals surface area (Å²) in [5.41, 5.74) is 2.14. The average molecular weight is 459 g/mol. The van der Waals surface area contributed by atoms with Gasteiger partial charge < -0.3 is 8.83 Å². The lowest BCUT2D eigenvalue weighted by Gasteiger charge is -2.10. The molecule has 0 atom stereocenters. The molecule has 0 unspecified atom stereocenters. The lowest BCUT2D eigenvalue weighted by atomic mass is 9.97. The van der Waals surface area contributed by atoms with Crippen molar-refractivity contribution in [3.05, 3.63) is 135 Å². The number of pyridine rings is 1. The molecular formula is C28H17N3O4. The van der Waals surface area contributed by atoms with E-state index in [2.05, 4.69) is 4.98 Å². The first-order valence-corrected chi connectivity index (χ1v) is 10.9. The van der Waals surface area contributed by atoms with E-state index in [0.717, 1.165) is 16.7 Å². The van der Waals surface area contributed by atoms with Gasteiger partial charge in [-0.05, 0) is 47.0 Å². The molecule has 0 amide bonds. The van der Waals surface area contributed by atoms with Crippen LogP contribution in [0.2, 0.25) is 0 Å². The largest absolute Gasteiger partial charge is 0.423 e. The number of benzene rings is 3. The van der Waals surface area contributed by atoms with Crippen LogP contribution >= 0.6 is 0 Å². The van der Waals surface area contributed by atoms with Gasteiger partial charge in [-0.2, -0.15) is 0 Å². The third-order valence-electron chi connectivity index (χ3n) is 5.66. The Balaban J connectivity index is 1.71. The van der Waals surface area contributed by atoms with E-state index in [1.54, 1.807) is 18.3 Å². The number of aromatic nitrogens is 3. The minimum absolute atomic E-state index is 0.109. The van der Waals surface area contributed by atoms with Gasteiger partial charge in [0, 0.05) is 6.20 Å². The zero-order valence-corrected chi connectivity index (χ0v) is 18.3. The van der Waals surface area contributed by atoms with Gasteiger partial charge in [0.05, 0.1) is 5.52 Å². The average Bonchev–Trinajstić information content (AvgIpc) is 3.28. The number of imidazole rings is 1. The highest BCUT2D eigenvalue weighted by atomic mass is 16.5. The Morgan fingerprint density at radius 2 is 1.40 bits per heavy atom. The summed E-state index contributed by atoms with van der Waals surface area (Å²) in [6.45, 7) is 0. The van der Waals surface area contributed by atoms with Crippen LogP contribution in [0.3, 0.4) is 0 Å². The normalized spacial score (nSPS) is 11.1. The van der Waals surface area contributed by atoms with Crippen LogP contribution in [-0.4, -0.2) is 14.5 Å². The molecule has 6 aromatic rings. The maximum absolute atomic E-state index is 12.0. The van der Waals surface area contributed by atoms with E-state index in [1.807, 2.05) is 89.5 Å². The molecule has 0 bridgehead atoms. The van der Waals surface area contributed by atoms with Crippen molar-refractivity contribution in [3.63, 3.8) is 0 Å². The summed E-state index contributed by atoms with van der Waals surface area (Å²) in [5, 5.41) is 0. The van der Waals surface area contributed by atoms with Crippen LogP contribution in [0, 0.1) is 0 Å². The minimum Gasteiger partial charge on any atom is -0.414 e. The number of rotatable bonds is 4. The molecule has 35 heavy (non-hydrogen) atoms. The fraction of sp³-hybridized carbons (Fsp3) is 0. The van der Waals surface area contributed by atoms with Gasteiger partial charge in [0.15, 0.2) is 5.58 Å². The Morgan fingerprint density at radius 1 is 0.743 bits per heavy atom. The number of fused-ring (bicyclic) bond motifs is 3. The van der Waals surface area contributed by atoms with Crippen LogP contribution < -0.4 is 11.3 Å². The maximum atomic E-state index is 12.0. The van der Waals surface area contributed by atoms with E-state index < -0.39 is 11.3 Å². The van der Waals surface area contributed by atoms with Crippen molar-refractivity contribution in [3.8, 4) is 5.82 Å². The highest BCUT2D eigenvalue weighted by Gasteiger charge is 2.19. The molecular weight excluding hydrogens is 442 g/mol. The molecule has 0 aliphatic carbocycles. The monoisotopic (exact) mass is 459 g/mol. The molecule has 0 spiro atoms. The standard InChI is InChI=1S/C28H17N3O4/c32-27-28(33)35-26-22(34-27)15-14-21-25(26)30-24(31(21)23-13-7-8-16-29-23)17-20(18-9-3-1-4-10-18)19-11-5-2-6-12-19/h1-17H. The van der Waals surface area contributed by atoms with Gasteiger partial charge in [-0.15, -0.1) is 0 Å². The summed E-state index contributed by atoms with van der Waals surface area (Å²) in [4.78, 5) is 33.0. The van der Waals surface area contributed by atoms with Crippen LogP contribution in [0.25, 0.3) is 39.7 Å². The van der Waals surface area contributed by atoms with Gasteiger partial charge in [0.1, 0.15) is 17.2 Å². The highest BCUT2D eigenvalue weighted by Crippen LogP contribution is 2.31. The van der Waals surface area contributed by atoms with Crippen LogP contribution in [-0.2, 0) is 0 Å². The van der Waals surface area contributed by atoms with Crippen LogP contribution in [0.4, 0.5) is 0 Å². The predicted octanol–water partition coefficient (Wildman–Crippen LogP) is 5.07. The molecule has 0 N–H and O–H groups in total. The lowest BCUT2D eigenvalue weighted by Crippen LogP contribution is -2.20. The summed E-state index contributed by atoms with van der Waals surface area (Å²) < 4.78 is 12.3. The first kappa shape index (κ1) is 20.6. The third kappa shape index (κ3) is 3.65. The van der Waals surface area contributed by atoms with Gasteiger partial charge in [-0.3, -0.25) is 4.57 Å². The van der Waals surface area contributed by atoms with Crippen molar-refractivity contribution >= 4 is 33.8 Å².